The number of aryl methyl sites for hydroxylation is 1. The number of hydrogen-bond donors (Lipinski definition) is 1. The summed E-state index contributed by atoms with van der Waals surface area (Å²) in [6.07, 6.45) is 1.50. The lowest BCUT2D eigenvalue weighted by Crippen LogP contribution is -2.00. The van der Waals surface area contributed by atoms with Crippen molar-refractivity contribution in [2.45, 2.75) is 19.8 Å². The highest BCUT2D eigenvalue weighted by Crippen LogP contribution is 2.21. The smallest absolute Gasteiger partial charge is 0.338 e. The van der Waals surface area contributed by atoms with E-state index in [0.717, 1.165) is 5.82 Å². The van der Waals surface area contributed by atoms with Gasteiger partial charge in [0.05, 0.1) is 5.56 Å². The van der Waals surface area contributed by atoms with Crippen molar-refractivity contribution >= 4 is 17.1 Å². The standard InChI is InChI=1S/C11H13N3O2/c1-6(2)9-13-8-7(11(15)16)4-5-12-10(8)14(9)3/h4-6H,1-3H3,(H,15,16). The van der Waals surface area contributed by atoms with Gasteiger partial charge in [-0.1, -0.05) is 13.8 Å². The van der Waals surface area contributed by atoms with Gasteiger partial charge >= 0.3 is 5.97 Å². The van der Waals surface area contributed by atoms with Crippen LogP contribution in [0.15, 0.2) is 12.3 Å². The number of aromatic carboxylic acids is 1. The van der Waals surface area contributed by atoms with Crippen molar-refractivity contribution in [3.63, 3.8) is 0 Å². The quantitative estimate of drug-likeness (QED) is 0.836. The number of nitrogens with zero attached hydrogens (tertiary/aromatic N) is 3. The predicted molar refractivity (Wildman–Crippen MR) is 59.6 cm³/mol. The first-order valence-electron chi connectivity index (χ1n) is 5.07. The van der Waals surface area contributed by atoms with E-state index in [4.69, 9.17) is 5.11 Å². The number of imidazole rings is 1. The van der Waals surface area contributed by atoms with Gasteiger partial charge < -0.3 is 9.67 Å². The van der Waals surface area contributed by atoms with E-state index >= 15 is 0 Å². The molecule has 2 aromatic rings. The van der Waals surface area contributed by atoms with Crippen molar-refractivity contribution < 1.29 is 9.90 Å². The molecule has 0 bridgehead atoms. The summed E-state index contributed by atoms with van der Waals surface area (Å²) in [4.78, 5) is 19.5. The summed E-state index contributed by atoms with van der Waals surface area (Å²) in [7, 11) is 1.85. The highest BCUT2D eigenvalue weighted by Gasteiger charge is 2.17. The van der Waals surface area contributed by atoms with Crippen molar-refractivity contribution in [1.29, 1.82) is 0 Å². The van der Waals surface area contributed by atoms with Gasteiger partial charge in [-0.2, -0.15) is 0 Å². The Hall–Kier alpha value is -1.91. The Labute approximate surface area is 92.8 Å². The first-order chi connectivity index (χ1) is 7.52. The van der Waals surface area contributed by atoms with E-state index < -0.39 is 5.97 Å². The van der Waals surface area contributed by atoms with E-state index in [2.05, 4.69) is 9.97 Å². The molecule has 0 unspecified atom stereocenters. The zero-order valence-corrected chi connectivity index (χ0v) is 9.43. The van der Waals surface area contributed by atoms with E-state index in [0.29, 0.717) is 11.2 Å². The Morgan fingerprint density at radius 3 is 2.75 bits per heavy atom. The van der Waals surface area contributed by atoms with Crippen LogP contribution in [0.2, 0.25) is 0 Å². The Morgan fingerprint density at radius 2 is 2.19 bits per heavy atom. The lowest BCUT2D eigenvalue weighted by atomic mass is 10.2. The molecule has 16 heavy (non-hydrogen) atoms. The van der Waals surface area contributed by atoms with Gasteiger partial charge in [-0.3, -0.25) is 0 Å². The number of aromatic nitrogens is 3. The first kappa shape index (κ1) is 10.6. The number of rotatable bonds is 2. The molecule has 0 aliphatic heterocycles. The molecule has 84 valence electrons. The lowest BCUT2D eigenvalue weighted by molar-refractivity contribution is 0.0698. The van der Waals surface area contributed by atoms with Crippen LogP contribution in [0, 0.1) is 0 Å². The van der Waals surface area contributed by atoms with Crippen molar-refractivity contribution in [2.75, 3.05) is 0 Å². The summed E-state index contributed by atoms with van der Waals surface area (Å²) in [5, 5.41) is 9.04. The molecule has 0 atom stereocenters. The molecule has 2 heterocycles. The fraction of sp³-hybridized carbons (Fsp3) is 0.364. The molecule has 0 saturated carbocycles. The third kappa shape index (κ3) is 1.44. The van der Waals surface area contributed by atoms with Crippen LogP contribution >= 0.6 is 0 Å². The predicted octanol–water partition coefficient (Wildman–Crippen LogP) is 1.79. The van der Waals surface area contributed by atoms with Crippen molar-refractivity contribution in [2.24, 2.45) is 7.05 Å². The minimum absolute atomic E-state index is 0.201. The van der Waals surface area contributed by atoms with E-state index in [1.54, 1.807) is 0 Å². The van der Waals surface area contributed by atoms with E-state index in [9.17, 15) is 4.79 Å². The molecule has 5 heteroatoms. The van der Waals surface area contributed by atoms with Gasteiger partial charge in [-0.15, -0.1) is 0 Å². The maximum absolute atomic E-state index is 11.0. The average Bonchev–Trinajstić information content (AvgIpc) is 2.56. The number of carboxylic acids is 1. The SMILES string of the molecule is CC(C)c1nc2c(C(=O)O)ccnc2n1C. The van der Waals surface area contributed by atoms with Gasteiger partial charge in [0, 0.05) is 19.2 Å². The molecule has 0 amide bonds. The summed E-state index contributed by atoms with van der Waals surface area (Å²) in [6.45, 7) is 4.03. The zero-order valence-electron chi connectivity index (χ0n) is 9.43. The second-order valence-electron chi connectivity index (χ2n) is 4.02. The van der Waals surface area contributed by atoms with Crippen LogP contribution in [0.1, 0.15) is 35.9 Å². The van der Waals surface area contributed by atoms with Crippen LogP contribution in [0.4, 0.5) is 0 Å². The van der Waals surface area contributed by atoms with Gasteiger partial charge in [0.1, 0.15) is 11.3 Å². The fourth-order valence-electron chi connectivity index (χ4n) is 1.79. The maximum atomic E-state index is 11.0. The molecule has 0 fully saturated rings. The average molecular weight is 219 g/mol. The largest absolute Gasteiger partial charge is 0.478 e. The highest BCUT2D eigenvalue weighted by atomic mass is 16.4. The van der Waals surface area contributed by atoms with E-state index in [1.807, 2.05) is 25.5 Å². The minimum atomic E-state index is -0.971. The topological polar surface area (TPSA) is 68.0 Å². The van der Waals surface area contributed by atoms with Gasteiger partial charge in [-0.25, -0.2) is 14.8 Å². The Morgan fingerprint density at radius 1 is 1.50 bits per heavy atom. The molecule has 5 nitrogen and oxygen atoms in total. The zero-order chi connectivity index (χ0) is 11.9. The normalized spacial score (nSPS) is 11.2. The van der Waals surface area contributed by atoms with Crippen LogP contribution < -0.4 is 0 Å². The summed E-state index contributed by atoms with van der Waals surface area (Å²) in [5.41, 5.74) is 1.28. The van der Waals surface area contributed by atoms with E-state index in [-0.39, 0.29) is 11.5 Å². The second-order valence-corrected chi connectivity index (χ2v) is 4.02. The van der Waals surface area contributed by atoms with Gasteiger partial charge in [0.2, 0.25) is 0 Å². The van der Waals surface area contributed by atoms with Crippen LogP contribution in [0.5, 0.6) is 0 Å². The van der Waals surface area contributed by atoms with Gasteiger partial charge in [0.15, 0.2) is 5.65 Å². The summed E-state index contributed by atoms with van der Waals surface area (Å²) in [5.74, 6) is 0.109. The van der Waals surface area contributed by atoms with Crippen LogP contribution in [0.3, 0.4) is 0 Å². The Kier molecular flexibility index (Phi) is 2.38. The van der Waals surface area contributed by atoms with E-state index in [1.165, 1.54) is 12.3 Å². The summed E-state index contributed by atoms with van der Waals surface area (Å²) < 4.78 is 1.84. The van der Waals surface area contributed by atoms with Gasteiger partial charge in [-0.05, 0) is 6.07 Å². The molecule has 0 saturated heterocycles. The number of carbonyl (C=O) groups is 1. The molecular formula is C11H13N3O2. The van der Waals surface area contributed by atoms with Crippen LogP contribution in [-0.4, -0.2) is 25.6 Å². The third-order valence-corrected chi connectivity index (χ3v) is 2.54. The van der Waals surface area contributed by atoms with Crippen molar-refractivity contribution in [1.82, 2.24) is 14.5 Å². The fourth-order valence-corrected chi connectivity index (χ4v) is 1.79. The highest BCUT2D eigenvalue weighted by molar-refractivity contribution is 5.99. The number of fused-ring (bicyclic) bond motifs is 1. The molecule has 0 aliphatic rings. The molecule has 0 spiro atoms. The van der Waals surface area contributed by atoms with Gasteiger partial charge in [0.25, 0.3) is 0 Å². The summed E-state index contributed by atoms with van der Waals surface area (Å²) >= 11 is 0. The molecule has 2 aromatic heterocycles. The third-order valence-electron chi connectivity index (χ3n) is 2.54. The molecular weight excluding hydrogens is 206 g/mol. The lowest BCUT2D eigenvalue weighted by Gasteiger charge is -2.03. The van der Waals surface area contributed by atoms with Crippen molar-refractivity contribution in [3.05, 3.63) is 23.7 Å². The minimum Gasteiger partial charge on any atom is -0.478 e. The Balaban J connectivity index is 2.80. The molecule has 0 radical (unpaired) electrons. The number of hydrogen-bond acceptors (Lipinski definition) is 3. The maximum Gasteiger partial charge on any atom is 0.338 e. The first-order valence-corrected chi connectivity index (χ1v) is 5.07. The Bertz CT molecular complexity index is 558. The molecule has 0 aliphatic carbocycles. The monoisotopic (exact) mass is 219 g/mol. The second kappa shape index (κ2) is 3.59. The summed E-state index contributed by atoms with van der Waals surface area (Å²) in [6, 6.07) is 1.47. The van der Waals surface area contributed by atoms with Crippen LogP contribution in [-0.2, 0) is 7.05 Å². The molecule has 2 rings (SSSR count). The number of carboxylic acid groups (broad SMARTS) is 1. The molecule has 0 aromatic carbocycles. The number of pyridine rings is 1. The van der Waals surface area contributed by atoms with Crippen molar-refractivity contribution in [3.8, 4) is 0 Å². The van der Waals surface area contributed by atoms with Crippen LogP contribution in [0.25, 0.3) is 11.2 Å². The molecule has 1 N–H and O–H groups in total.